The molecule has 0 aliphatic rings. The van der Waals surface area contributed by atoms with Gasteiger partial charge in [0, 0.05) is 18.8 Å². The molecule has 0 fully saturated rings. The molecule has 0 heterocycles. The van der Waals surface area contributed by atoms with Gasteiger partial charge in [-0.25, -0.2) is 4.79 Å². The third-order valence-corrected chi connectivity index (χ3v) is 4.47. The fourth-order valence-corrected chi connectivity index (χ4v) is 3.14. The van der Waals surface area contributed by atoms with Crippen LogP contribution in [-0.4, -0.2) is 33.6 Å². The lowest BCUT2D eigenvalue weighted by Gasteiger charge is -2.14. The molecule has 0 aliphatic heterocycles. The molecule has 0 aliphatic carbocycles. The minimum atomic E-state index is -1.50. The maximum absolute atomic E-state index is 10.5. The number of rotatable bonds is 10. The van der Waals surface area contributed by atoms with Crippen molar-refractivity contribution in [3.8, 4) is 0 Å². The highest BCUT2D eigenvalue weighted by molar-refractivity contribution is 6.44. The van der Waals surface area contributed by atoms with Crippen molar-refractivity contribution >= 4 is 15.3 Å². The zero-order valence-electron chi connectivity index (χ0n) is 10.2. The topological polar surface area (TPSA) is 55.8 Å². The van der Waals surface area contributed by atoms with E-state index in [1.54, 1.807) is 0 Å². The minimum absolute atomic E-state index is 0.283. The van der Waals surface area contributed by atoms with E-state index in [9.17, 15) is 4.79 Å². The van der Waals surface area contributed by atoms with E-state index in [1.165, 1.54) is 0 Å². The van der Waals surface area contributed by atoms with E-state index in [-0.39, 0.29) is 5.57 Å². The van der Waals surface area contributed by atoms with Crippen LogP contribution >= 0.6 is 0 Å². The molecule has 1 N–H and O–H groups in total. The van der Waals surface area contributed by atoms with Gasteiger partial charge in [0.25, 0.3) is 0 Å². The van der Waals surface area contributed by atoms with Crippen LogP contribution in [-0.2, 0) is 13.6 Å². The van der Waals surface area contributed by atoms with E-state index in [2.05, 4.69) is 6.58 Å². The van der Waals surface area contributed by atoms with Gasteiger partial charge in [-0.05, 0) is 32.7 Å². The van der Waals surface area contributed by atoms with Crippen molar-refractivity contribution in [1.29, 1.82) is 0 Å². The third kappa shape index (κ3) is 7.61. The lowest BCUT2D eigenvalue weighted by Crippen LogP contribution is -2.22. The molecule has 0 amide bonds. The van der Waals surface area contributed by atoms with Gasteiger partial charge in [0.05, 0.1) is 0 Å². The van der Waals surface area contributed by atoms with Gasteiger partial charge in [-0.2, -0.15) is 0 Å². The van der Waals surface area contributed by atoms with Crippen LogP contribution in [0.15, 0.2) is 12.2 Å². The summed E-state index contributed by atoms with van der Waals surface area (Å²) in [4.78, 5) is 10.5. The predicted octanol–water partition coefficient (Wildman–Crippen LogP) is 2.09. The summed E-state index contributed by atoms with van der Waals surface area (Å²) in [6.07, 6.45) is 2.34. The Labute approximate surface area is 99.1 Å². The smallest absolute Gasteiger partial charge is 0.330 e. The molecule has 0 radical (unpaired) electrons. The SMILES string of the molecule is C=C(CCCC[SiH](OCC)OCC)C(=O)O. The van der Waals surface area contributed by atoms with Gasteiger partial charge in [-0.3, -0.25) is 0 Å². The molecule has 0 rings (SSSR count). The van der Waals surface area contributed by atoms with Crippen molar-refractivity contribution in [2.75, 3.05) is 13.2 Å². The second-order valence-electron chi connectivity index (χ2n) is 3.49. The summed E-state index contributed by atoms with van der Waals surface area (Å²) in [5.41, 5.74) is 0.283. The molecule has 0 aromatic carbocycles. The summed E-state index contributed by atoms with van der Waals surface area (Å²) >= 11 is 0. The molecular weight excluding hydrogens is 224 g/mol. The van der Waals surface area contributed by atoms with Crippen LogP contribution in [0.1, 0.15) is 33.1 Å². The molecule has 0 saturated carbocycles. The first kappa shape index (κ1) is 15.3. The Morgan fingerprint density at radius 1 is 1.25 bits per heavy atom. The molecular formula is C11H22O4Si. The Hall–Kier alpha value is -0.653. The maximum Gasteiger partial charge on any atom is 0.330 e. The second kappa shape index (κ2) is 9.56. The molecule has 16 heavy (non-hydrogen) atoms. The number of carboxylic acids is 1. The lowest BCUT2D eigenvalue weighted by atomic mass is 10.1. The first-order valence-corrected chi connectivity index (χ1v) is 7.52. The van der Waals surface area contributed by atoms with Crippen molar-refractivity contribution in [3.63, 3.8) is 0 Å². The van der Waals surface area contributed by atoms with Gasteiger partial charge in [-0.1, -0.05) is 13.0 Å². The summed E-state index contributed by atoms with van der Waals surface area (Å²) < 4.78 is 11.0. The number of carboxylic acid groups (broad SMARTS) is 1. The van der Waals surface area contributed by atoms with Crippen LogP contribution in [0.3, 0.4) is 0 Å². The Morgan fingerprint density at radius 3 is 2.25 bits per heavy atom. The summed E-state index contributed by atoms with van der Waals surface area (Å²) in [7, 11) is -1.50. The Kier molecular flexibility index (Phi) is 9.17. The van der Waals surface area contributed by atoms with Crippen LogP contribution in [0.4, 0.5) is 0 Å². The monoisotopic (exact) mass is 246 g/mol. The normalized spacial score (nSPS) is 10.7. The second-order valence-corrected chi connectivity index (χ2v) is 5.60. The van der Waals surface area contributed by atoms with E-state index in [0.29, 0.717) is 19.6 Å². The lowest BCUT2D eigenvalue weighted by molar-refractivity contribution is -0.132. The highest BCUT2D eigenvalue weighted by Gasteiger charge is 2.11. The van der Waals surface area contributed by atoms with Crippen molar-refractivity contribution < 1.29 is 18.8 Å². The predicted molar refractivity (Wildman–Crippen MR) is 65.8 cm³/mol. The first-order valence-electron chi connectivity index (χ1n) is 5.76. The average molecular weight is 246 g/mol. The highest BCUT2D eigenvalue weighted by Crippen LogP contribution is 2.10. The van der Waals surface area contributed by atoms with Gasteiger partial charge >= 0.3 is 15.3 Å². The van der Waals surface area contributed by atoms with E-state index >= 15 is 0 Å². The van der Waals surface area contributed by atoms with E-state index < -0.39 is 15.3 Å². The van der Waals surface area contributed by atoms with Crippen molar-refractivity contribution in [2.24, 2.45) is 0 Å². The molecule has 0 bridgehead atoms. The maximum atomic E-state index is 10.5. The van der Waals surface area contributed by atoms with E-state index in [0.717, 1.165) is 18.9 Å². The van der Waals surface area contributed by atoms with E-state index in [4.69, 9.17) is 14.0 Å². The first-order chi connectivity index (χ1) is 7.61. The van der Waals surface area contributed by atoms with Crippen LogP contribution in [0.5, 0.6) is 0 Å². The van der Waals surface area contributed by atoms with Crippen LogP contribution in [0.2, 0.25) is 6.04 Å². The van der Waals surface area contributed by atoms with Crippen molar-refractivity contribution in [1.82, 2.24) is 0 Å². The van der Waals surface area contributed by atoms with Crippen molar-refractivity contribution in [2.45, 2.75) is 39.2 Å². The Bertz CT molecular complexity index is 212. The molecule has 5 heteroatoms. The Morgan fingerprint density at radius 2 is 1.81 bits per heavy atom. The zero-order chi connectivity index (χ0) is 12.4. The van der Waals surface area contributed by atoms with Gasteiger partial charge in [0.1, 0.15) is 0 Å². The fraction of sp³-hybridized carbons (Fsp3) is 0.727. The van der Waals surface area contributed by atoms with Gasteiger partial charge in [-0.15, -0.1) is 0 Å². The molecule has 0 atom stereocenters. The highest BCUT2D eigenvalue weighted by atomic mass is 28.3. The van der Waals surface area contributed by atoms with Gasteiger partial charge in [0.2, 0.25) is 0 Å². The molecule has 0 unspecified atom stereocenters. The molecule has 94 valence electrons. The summed E-state index contributed by atoms with van der Waals surface area (Å²) in [6.45, 7) is 8.81. The number of carbonyl (C=O) groups is 1. The quantitative estimate of drug-likeness (QED) is 0.364. The molecule has 0 spiro atoms. The van der Waals surface area contributed by atoms with E-state index in [1.807, 2.05) is 13.8 Å². The summed E-state index contributed by atoms with van der Waals surface area (Å²) in [6, 6.07) is 0.939. The molecule has 4 nitrogen and oxygen atoms in total. The standard InChI is InChI=1S/C11H22O4Si/c1-4-14-16(15-5-2)9-7-6-8-10(3)11(12)13/h16H,3-9H2,1-2H3,(H,12,13). The number of unbranched alkanes of at least 4 members (excludes halogenated alkanes) is 1. The fourth-order valence-electron chi connectivity index (χ4n) is 1.34. The number of aliphatic carboxylic acids is 1. The molecule has 0 aromatic rings. The van der Waals surface area contributed by atoms with Crippen LogP contribution in [0, 0.1) is 0 Å². The summed E-state index contributed by atoms with van der Waals surface area (Å²) in [5.74, 6) is -0.900. The Balaban J connectivity index is 3.61. The largest absolute Gasteiger partial charge is 0.478 e. The minimum Gasteiger partial charge on any atom is -0.478 e. The van der Waals surface area contributed by atoms with Crippen molar-refractivity contribution in [3.05, 3.63) is 12.2 Å². The molecule has 0 aromatic heterocycles. The molecule has 0 saturated heterocycles. The number of hydrogen-bond acceptors (Lipinski definition) is 3. The van der Waals surface area contributed by atoms with Gasteiger partial charge in [0.15, 0.2) is 0 Å². The van der Waals surface area contributed by atoms with Crippen LogP contribution < -0.4 is 0 Å². The third-order valence-electron chi connectivity index (χ3n) is 2.18. The van der Waals surface area contributed by atoms with Crippen LogP contribution in [0.25, 0.3) is 0 Å². The van der Waals surface area contributed by atoms with Gasteiger partial charge < -0.3 is 14.0 Å². The summed E-state index contributed by atoms with van der Waals surface area (Å²) in [5, 5.41) is 8.62. The average Bonchev–Trinajstić information content (AvgIpc) is 2.24. The number of hydrogen-bond donors (Lipinski definition) is 1. The zero-order valence-corrected chi connectivity index (χ0v) is 11.4.